The van der Waals surface area contributed by atoms with E-state index in [0.29, 0.717) is 35.8 Å². The van der Waals surface area contributed by atoms with Crippen LogP contribution in [0.5, 0.6) is 17.2 Å². The molecule has 0 heterocycles. The fraction of sp³-hybridized carbons (Fsp3) is 0.188. The minimum atomic E-state index is -1.04. The molecule has 40 heavy (non-hydrogen) atoms. The Kier molecular flexibility index (Phi) is 11.8. The maximum Gasteiger partial charge on any atom is 1.00 e. The van der Waals surface area contributed by atoms with E-state index in [1.165, 1.54) is 0 Å². The Morgan fingerprint density at radius 3 is 2.20 bits per heavy atom. The Labute approximate surface area is 252 Å². The number of nitrogens with one attached hydrogen (secondary N) is 1. The summed E-state index contributed by atoms with van der Waals surface area (Å²) in [4.78, 5) is 25.0. The minimum absolute atomic E-state index is 0. The van der Waals surface area contributed by atoms with Crippen molar-refractivity contribution in [3.05, 3.63) is 114 Å². The molecule has 0 aliphatic carbocycles. The molecule has 1 amide bonds. The van der Waals surface area contributed by atoms with Gasteiger partial charge in [-0.1, -0.05) is 48.5 Å². The maximum absolute atomic E-state index is 13.3. The summed E-state index contributed by atoms with van der Waals surface area (Å²) in [6.45, 7) is 2.28. The third kappa shape index (κ3) is 8.43. The Morgan fingerprint density at radius 1 is 0.875 bits per heavy atom. The van der Waals surface area contributed by atoms with Crippen LogP contribution in [0.3, 0.4) is 0 Å². The molecule has 4 rings (SSSR count). The van der Waals surface area contributed by atoms with Gasteiger partial charge in [-0.25, -0.2) is 4.79 Å². The molecule has 2 N–H and O–H groups in total. The van der Waals surface area contributed by atoms with Crippen molar-refractivity contribution in [2.45, 2.75) is 26.0 Å². The first kappa shape index (κ1) is 30.9. The Balaban J connectivity index is 0.00000294. The van der Waals surface area contributed by atoms with Gasteiger partial charge >= 0.3 is 24.8 Å². The number of carboxylic acids is 1. The number of thioether (sulfide) groups is 1. The van der Waals surface area contributed by atoms with Crippen molar-refractivity contribution in [2.24, 2.45) is 0 Å². The second-order valence-electron chi connectivity index (χ2n) is 9.02. The number of aliphatic carboxylic acids is 1. The topological polar surface area (TPSA) is 84.9 Å². The molecule has 6 nitrogen and oxygen atoms in total. The van der Waals surface area contributed by atoms with E-state index >= 15 is 0 Å². The van der Waals surface area contributed by atoms with Crippen LogP contribution in [0, 0.1) is 6.92 Å². The van der Waals surface area contributed by atoms with Gasteiger partial charge < -0.3 is 21.3 Å². The van der Waals surface area contributed by atoms with Crippen molar-refractivity contribution in [2.75, 3.05) is 12.0 Å². The van der Waals surface area contributed by atoms with Gasteiger partial charge in [-0.3, -0.25) is 4.79 Å². The average molecular weight is 550 g/mol. The number of benzene rings is 4. The number of carbonyl (C=O) groups excluding carboxylic acids is 1. The van der Waals surface area contributed by atoms with E-state index in [9.17, 15) is 14.7 Å². The molecule has 1 atom stereocenters. The Bertz CT molecular complexity index is 1420. The zero-order valence-electron chi connectivity index (χ0n) is 23.9. The zero-order valence-corrected chi connectivity index (χ0v) is 23.7. The van der Waals surface area contributed by atoms with Gasteiger partial charge in [0.1, 0.15) is 29.9 Å². The van der Waals surface area contributed by atoms with E-state index in [1.807, 2.05) is 104 Å². The van der Waals surface area contributed by atoms with Crippen molar-refractivity contribution >= 4 is 23.6 Å². The number of para-hydroxylation sites is 1. The van der Waals surface area contributed by atoms with Crippen LogP contribution in [0.4, 0.5) is 0 Å². The van der Waals surface area contributed by atoms with Gasteiger partial charge in [0, 0.05) is 5.56 Å². The first-order valence-electron chi connectivity index (χ1n) is 12.6. The van der Waals surface area contributed by atoms with Crippen LogP contribution < -0.4 is 33.7 Å². The monoisotopic (exact) mass is 549 g/mol. The number of rotatable bonds is 12. The summed E-state index contributed by atoms with van der Waals surface area (Å²) in [6, 6.07) is 29.3. The fourth-order valence-corrected chi connectivity index (χ4v) is 4.57. The molecule has 0 aromatic heterocycles. The van der Waals surface area contributed by atoms with Crippen molar-refractivity contribution in [3.63, 3.8) is 0 Å². The van der Waals surface area contributed by atoms with Crippen LogP contribution in [0.1, 0.15) is 29.3 Å². The second kappa shape index (κ2) is 15.2. The van der Waals surface area contributed by atoms with Crippen LogP contribution in [0.15, 0.2) is 97.1 Å². The van der Waals surface area contributed by atoms with Crippen molar-refractivity contribution in [1.29, 1.82) is 0 Å². The minimum Gasteiger partial charge on any atom is -1.00 e. The largest absolute Gasteiger partial charge is 1.00 e. The van der Waals surface area contributed by atoms with E-state index < -0.39 is 17.9 Å². The van der Waals surface area contributed by atoms with Gasteiger partial charge in [0.2, 0.25) is 0 Å². The molecule has 202 valence electrons. The third-order valence-electron chi connectivity index (χ3n) is 6.19. The van der Waals surface area contributed by atoms with Crippen LogP contribution >= 0.6 is 11.8 Å². The zero-order chi connectivity index (χ0) is 27.6. The normalized spacial score (nSPS) is 11.2. The number of carbonyl (C=O) groups is 2. The molecule has 0 radical (unpaired) electrons. The molecule has 0 bridgehead atoms. The number of ether oxygens (including phenoxy) is 2. The number of aryl methyl sites for hydroxylation is 1. The van der Waals surface area contributed by atoms with Crippen LogP contribution in [-0.2, 0) is 11.4 Å². The summed E-state index contributed by atoms with van der Waals surface area (Å²) in [5, 5.41) is 12.3. The molecular formula is C32H32LiNO5S. The molecule has 0 fully saturated rings. The molecule has 1 unspecified atom stereocenters. The number of hydrogen-bond donors (Lipinski definition) is 2. The molecular weight excluding hydrogens is 517 g/mol. The SMILES string of the molecule is CSCCC(NC(=O)c1ccc(COc2ccc(Oc3ccccc3)cc2)cc1-c1ccccc1C)C(=O)O.[H-].[Li+]. The van der Waals surface area contributed by atoms with Gasteiger partial charge in [0.15, 0.2) is 0 Å². The van der Waals surface area contributed by atoms with Gasteiger partial charge in [-0.05, 0) is 96.1 Å². The van der Waals surface area contributed by atoms with Gasteiger partial charge in [0.25, 0.3) is 5.91 Å². The first-order chi connectivity index (χ1) is 18.9. The average Bonchev–Trinajstić information content (AvgIpc) is 2.95. The van der Waals surface area contributed by atoms with Crippen LogP contribution in [0.25, 0.3) is 11.1 Å². The van der Waals surface area contributed by atoms with Gasteiger partial charge in [0.05, 0.1) is 0 Å². The molecule has 0 aliphatic heterocycles. The summed E-state index contributed by atoms with van der Waals surface area (Å²) in [7, 11) is 0. The number of amides is 1. The van der Waals surface area contributed by atoms with E-state index in [2.05, 4.69) is 5.32 Å². The number of hydrogen-bond acceptors (Lipinski definition) is 5. The number of carboxylic acid groups (broad SMARTS) is 1. The summed E-state index contributed by atoms with van der Waals surface area (Å²) in [5.41, 5.74) is 3.95. The summed E-state index contributed by atoms with van der Waals surface area (Å²) < 4.78 is 11.9. The molecule has 4 aromatic carbocycles. The van der Waals surface area contributed by atoms with Crippen molar-refractivity contribution in [3.8, 4) is 28.4 Å². The fourth-order valence-electron chi connectivity index (χ4n) is 4.10. The third-order valence-corrected chi connectivity index (χ3v) is 6.83. The summed E-state index contributed by atoms with van der Waals surface area (Å²) in [6.07, 6.45) is 2.26. The maximum atomic E-state index is 13.3. The van der Waals surface area contributed by atoms with E-state index in [1.54, 1.807) is 17.8 Å². The quantitative estimate of drug-likeness (QED) is 0.259. The summed E-state index contributed by atoms with van der Waals surface area (Å²) >= 11 is 1.54. The molecule has 4 aromatic rings. The predicted molar refractivity (Wildman–Crippen MR) is 157 cm³/mol. The van der Waals surface area contributed by atoms with E-state index in [4.69, 9.17) is 9.47 Å². The summed E-state index contributed by atoms with van der Waals surface area (Å²) in [5.74, 6) is 1.34. The molecule has 0 aliphatic rings. The van der Waals surface area contributed by atoms with Crippen LogP contribution in [0.2, 0.25) is 0 Å². The van der Waals surface area contributed by atoms with E-state index in [-0.39, 0.29) is 20.3 Å². The Hall–Kier alpha value is -3.63. The predicted octanol–water partition coefficient (Wildman–Crippen LogP) is 4.09. The molecule has 0 saturated carbocycles. The molecule has 0 saturated heterocycles. The van der Waals surface area contributed by atoms with Crippen molar-refractivity contribution in [1.82, 2.24) is 5.32 Å². The molecule has 8 heteroatoms. The van der Waals surface area contributed by atoms with Crippen LogP contribution in [-0.4, -0.2) is 35.0 Å². The van der Waals surface area contributed by atoms with E-state index in [0.717, 1.165) is 28.0 Å². The second-order valence-corrected chi connectivity index (χ2v) is 10.0. The van der Waals surface area contributed by atoms with Gasteiger partial charge in [-0.15, -0.1) is 0 Å². The molecule has 0 spiro atoms. The van der Waals surface area contributed by atoms with Crippen molar-refractivity contribution < 1.29 is 44.5 Å². The Morgan fingerprint density at radius 2 is 1.52 bits per heavy atom. The van der Waals surface area contributed by atoms with Gasteiger partial charge in [-0.2, -0.15) is 11.8 Å². The standard InChI is InChI=1S/C32H31NO5S.Li.H/c1-22-8-6-7-11-27(22)29-20-23(12-17-28(29)31(34)33-30(32(35)36)18-19-39-2)21-37-24-13-15-26(16-14-24)38-25-9-4-3-5-10-25;;/h3-17,20,30H,18-19,21H2,1-2H3,(H,33,34)(H,35,36);;/q;+1;-1. The first-order valence-corrected chi connectivity index (χ1v) is 14.0. The smallest absolute Gasteiger partial charge is 1.00 e.